The summed E-state index contributed by atoms with van der Waals surface area (Å²) in [6, 6.07) is 15.2. The van der Waals surface area contributed by atoms with Crippen LogP contribution >= 0.6 is 11.6 Å². The number of hydrogen-bond acceptors (Lipinski definition) is 6. The normalized spacial score (nSPS) is 11.7. The first kappa shape index (κ1) is 19.3. The van der Waals surface area contributed by atoms with Crippen LogP contribution in [-0.4, -0.2) is 36.5 Å². The van der Waals surface area contributed by atoms with Crippen LogP contribution in [0.2, 0.25) is 5.02 Å². The average molecular weight is 408 g/mol. The minimum absolute atomic E-state index is 0.118. The van der Waals surface area contributed by atoms with Crippen LogP contribution in [-0.2, 0) is 23.1 Å². The smallest absolute Gasteiger partial charge is 0.264 e. The lowest BCUT2D eigenvalue weighted by atomic mass is 10.3. The third-order valence-electron chi connectivity index (χ3n) is 3.79. The number of nitrogens with zero attached hydrogens (tertiary/aromatic N) is 3. The lowest BCUT2D eigenvalue weighted by Crippen LogP contribution is -2.29. The van der Waals surface area contributed by atoms with Crippen LogP contribution in [0.1, 0.15) is 11.7 Å². The Hall–Kier alpha value is -2.42. The zero-order valence-corrected chi connectivity index (χ0v) is 16.2. The molecule has 9 heteroatoms. The predicted octanol–water partition coefficient (Wildman–Crippen LogP) is 3.17. The Bertz CT molecular complexity index is 975. The summed E-state index contributed by atoms with van der Waals surface area (Å²) in [6.07, 6.45) is 0.326. The lowest BCUT2D eigenvalue weighted by Gasteiger charge is -2.16. The van der Waals surface area contributed by atoms with Gasteiger partial charge in [-0.25, -0.2) is 12.7 Å². The molecular formula is C18H18ClN3O4S. The molecule has 1 heterocycles. The summed E-state index contributed by atoms with van der Waals surface area (Å²) < 4.78 is 36.9. The molecule has 7 nitrogen and oxygen atoms in total. The standard InChI is InChI=1S/C18H18ClN3O4S/c1-22(27(23,24)16-5-3-2-4-6-16)12-11-17-20-18(26-21-17)13-25-15-9-7-14(19)8-10-15/h2-10H,11-13H2,1H3. The van der Waals surface area contributed by atoms with Gasteiger partial charge in [-0.2, -0.15) is 4.98 Å². The van der Waals surface area contributed by atoms with Gasteiger partial charge in [0, 0.05) is 25.0 Å². The molecule has 0 atom stereocenters. The molecule has 0 amide bonds. The van der Waals surface area contributed by atoms with Crippen LogP contribution in [0, 0.1) is 0 Å². The van der Waals surface area contributed by atoms with Crippen molar-refractivity contribution in [3.05, 3.63) is 71.3 Å². The Labute approximate surface area is 162 Å². The third-order valence-corrected chi connectivity index (χ3v) is 5.91. The molecule has 0 saturated carbocycles. The van der Waals surface area contributed by atoms with Crippen molar-refractivity contribution in [2.75, 3.05) is 13.6 Å². The summed E-state index contributed by atoms with van der Waals surface area (Å²) in [5.74, 6) is 1.36. The molecule has 0 unspecified atom stereocenters. The third kappa shape index (κ3) is 5.06. The van der Waals surface area contributed by atoms with E-state index in [-0.39, 0.29) is 18.0 Å². The molecule has 27 heavy (non-hydrogen) atoms. The van der Waals surface area contributed by atoms with Gasteiger partial charge in [-0.15, -0.1) is 0 Å². The van der Waals surface area contributed by atoms with Crippen molar-refractivity contribution >= 4 is 21.6 Å². The SMILES string of the molecule is CN(CCc1noc(COc2ccc(Cl)cc2)n1)S(=O)(=O)c1ccccc1. The maximum Gasteiger partial charge on any atom is 0.264 e. The largest absolute Gasteiger partial charge is 0.484 e. The molecule has 0 aliphatic heterocycles. The van der Waals surface area contributed by atoms with E-state index in [0.29, 0.717) is 28.9 Å². The first-order chi connectivity index (χ1) is 12.9. The van der Waals surface area contributed by atoms with E-state index in [1.54, 1.807) is 54.6 Å². The highest BCUT2D eigenvalue weighted by molar-refractivity contribution is 7.89. The fourth-order valence-electron chi connectivity index (χ4n) is 2.28. The van der Waals surface area contributed by atoms with Crippen molar-refractivity contribution in [3.63, 3.8) is 0 Å². The maximum atomic E-state index is 12.5. The summed E-state index contributed by atoms with van der Waals surface area (Å²) in [4.78, 5) is 4.47. The number of benzene rings is 2. The lowest BCUT2D eigenvalue weighted by molar-refractivity contribution is 0.242. The predicted molar refractivity (Wildman–Crippen MR) is 100 cm³/mol. The fraction of sp³-hybridized carbons (Fsp3) is 0.222. The van der Waals surface area contributed by atoms with Crippen LogP contribution in [0.5, 0.6) is 5.75 Å². The molecule has 1 aromatic heterocycles. The zero-order chi connectivity index (χ0) is 19.3. The van der Waals surface area contributed by atoms with Crippen LogP contribution < -0.4 is 4.74 Å². The van der Waals surface area contributed by atoms with Gasteiger partial charge < -0.3 is 9.26 Å². The molecule has 0 aliphatic rings. The summed E-state index contributed by atoms with van der Waals surface area (Å²) >= 11 is 5.82. The molecule has 3 aromatic rings. The van der Waals surface area contributed by atoms with Gasteiger partial charge in [0.25, 0.3) is 5.89 Å². The van der Waals surface area contributed by atoms with Crippen molar-refractivity contribution in [2.24, 2.45) is 0 Å². The molecule has 0 bridgehead atoms. The van der Waals surface area contributed by atoms with E-state index in [4.69, 9.17) is 20.9 Å². The van der Waals surface area contributed by atoms with Crippen molar-refractivity contribution in [3.8, 4) is 5.75 Å². The summed E-state index contributed by atoms with van der Waals surface area (Å²) in [5.41, 5.74) is 0. The number of sulfonamides is 1. The second-order valence-electron chi connectivity index (χ2n) is 5.74. The summed E-state index contributed by atoms with van der Waals surface area (Å²) in [6.45, 7) is 0.348. The molecule has 0 aliphatic carbocycles. The highest BCUT2D eigenvalue weighted by Crippen LogP contribution is 2.17. The first-order valence-corrected chi connectivity index (χ1v) is 9.98. The molecule has 0 spiro atoms. The first-order valence-electron chi connectivity index (χ1n) is 8.16. The Balaban J connectivity index is 1.54. The Morgan fingerprint density at radius 2 is 1.81 bits per heavy atom. The van der Waals surface area contributed by atoms with Gasteiger partial charge in [0.05, 0.1) is 4.90 Å². The second-order valence-corrected chi connectivity index (χ2v) is 8.22. The molecule has 2 aromatic carbocycles. The minimum atomic E-state index is -3.54. The Morgan fingerprint density at radius 1 is 1.11 bits per heavy atom. The van der Waals surface area contributed by atoms with Gasteiger partial charge in [0.15, 0.2) is 12.4 Å². The Morgan fingerprint density at radius 3 is 2.52 bits per heavy atom. The van der Waals surface area contributed by atoms with Crippen molar-refractivity contribution < 1.29 is 17.7 Å². The summed E-state index contributed by atoms with van der Waals surface area (Å²) in [5, 5.41) is 4.48. The monoisotopic (exact) mass is 407 g/mol. The van der Waals surface area contributed by atoms with E-state index in [1.807, 2.05) is 0 Å². The number of hydrogen-bond donors (Lipinski definition) is 0. The number of rotatable bonds is 8. The Kier molecular flexibility index (Phi) is 6.10. The number of aromatic nitrogens is 2. The average Bonchev–Trinajstić information content (AvgIpc) is 3.14. The van der Waals surface area contributed by atoms with E-state index in [9.17, 15) is 8.42 Å². The zero-order valence-electron chi connectivity index (χ0n) is 14.6. The van der Waals surface area contributed by atoms with Crippen molar-refractivity contribution in [1.82, 2.24) is 14.4 Å². The molecule has 0 saturated heterocycles. The molecule has 142 valence electrons. The van der Waals surface area contributed by atoms with Crippen molar-refractivity contribution in [2.45, 2.75) is 17.9 Å². The van der Waals surface area contributed by atoms with Gasteiger partial charge in [-0.1, -0.05) is 35.0 Å². The number of likely N-dealkylation sites (N-methyl/N-ethyl adjacent to an activating group) is 1. The second kappa shape index (κ2) is 8.51. The molecule has 0 radical (unpaired) electrons. The van der Waals surface area contributed by atoms with Gasteiger partial charge in [-0.05, 0) is 36.4 Å². The van der Waals surface area contributed by atoms with Crippen LogP contribution in [0.25, 0.3) is 0 Å². The van der Waals surface area contributed by atoms with Crippen LogP contribution in [0.4, 0.5) is 0 Å². The maximum absolute atomic E-state index is 12.5. The minimum Gasteiger partial charge on any atom is -0.484 e. The van der Waals surface area contributed by atoms with Gasteiger partial charge >= 0.3 is 0 Å². The fourth-order valence-corrected chi connectivity index (χ4v) is 3.59. The van der Waals surface area contributed by atoms with Gasteiger partial charge in [0.2, 0.25) is 10.0 Å². The topological polar surface area (TPSA) is 85.5 Å². The highest BCUT2D eigenvalue weighted by Gasteiger charge is 2.20. The molecule has 0 fully saturated rings. The number of ether oxygens (including phenoxy) is 1. The van der Waals surface area contributed by atoms with Gasteiger partial charge in [0.1, 0.15) is 5.75 Å². The van der Waals surface area contributed by atoms with E-state index in [2.05, 4.69) is 10.1 Å². The number of halogens is 1. The molecular weight excluding hydrogens is 390 g/mol. The van der Waals surface area contributed by atoms with Crippen LogP contribution in [0.3, 0.4) is 0 Å². The van der Waals surface area contributed by atoms with E-state index in [1.165, 1.54) is 11.4 Å². The summed E-state index contributed by atoms with van der Waals surface area (Å²) in [7, 11) is -2.02. The van der Waals surface area contributed by atoms with E-state index < -0.39 is 10.0 Å². The highest BCUT2D eigenvalue weighted by atomic mass is 35.5. The van der Waals surface area contributed by atoms with Crippen molar-refractivity contribution in [1.29, 1.82) is 0 Å². The van der Waals surface area contributed by atoms with Crippen LogP contribution in [0.15, 0.2) is 64.0 Å². The van der Waals surface area contributed by atoms with E-state index in [0.717, 1.165) is 0 Å². The quantitative estimate of drug-likeness (QED) is 0.570. The van der Waals surface area contributed by atoms with Gasteiger partial charge in [-0.3, -0.25) is 0 Å². The molecule has 3 rings (SSSR count). The van der Waals surface area contributed by atoms with E-state index >= 15 is 0 Å². The molecule has 0 N–H and O–H groups in total.